The fraction of sp³-hybridized carbons (Fsp3) is 0.706. The van der Waals surface area contributed by atoms with Gasteiger partial charge in [-0.2, -0.15) is 0 Å². The van der Waals surface area contributed by atoms with Crippen molar-refractivity contribution in [1.29, 1.82) is 0 Å². The highest BCUT2D eigenvalue weighted by molar-refractivity contribution is 6.32. The molecular weight excluding hydrogens is 365 g/mol. The number of ether oxygens (including phenoxy) is 2. The van der Waals surface area contributed by atoms with Crippen molar-refractivity contribution in [2.24, 2.45) is 0 Å². The fourth-order valence-corrected chi connectivity index (χ4v) is 3.09. The topological polar surface area (TPSA) is 64.5 Å². The van der Waals surface area contributed by atoms with Gasteiger partial charge in [0.05, 0.1) is 6.61 Å². The molecule has 2 rings (SSSR count). The summed E-state index contributed by atoms with van der Waals surface area (Å²) < 4.78 is 11.2. The second-order valence-electron chi connectivity index (χ2n) is 7.12. The van der Waals surface area contributed by atoms with E-state index in [9.17, 15) is 4.79 Å². The summed E-state index contributed by atoms with van der Waals surface area (Å²) in [6.45, 7) is 7.20. The summed E-state index contributed by atoms with van der Waals surface area (Å²) in [7, 11) is 0. The molecule has 1 aromatic heterocycles. The van der Waals surface area contributed by atoms with E-state index in [0.29, 0.717) is 23.9 Å². The summed E-state index contributed by atoms with van der Waals surface area (Å²) in [6, 6.07) is 0.139. The van der Waals surface area contributed by atoms with Crippen molar-refractivity contribution in [3.05, 3.63) is 22.2 Å². The van der Waals surface area contributed by atoms with Crippen LogP contribution in [-0.4, -0.2) is 45.8 Å². The van der Waals surface area contributed by atoms with Crippen molar-refractivity contribution >= 4 is 29.3 Å². The van der Waals surface area contributed by atoms with Crippen LogP contribution in [0.4, 0.5) is 4.79 Å². The number of hydrogen-bond donors (Lipinski definition) is 0. The van der Waals surface area contributed by atoms with Crippen LogP contribution in [0.25, 0.3) is 0 Å². The molecule has 1 unspecified atom stereocenters. The number of piperidine rings is 1. The Hall–Kier alpha value is -1.11. The van der Waals surface area contributed by atoms with Crippen LogP contribution in [0.5, 0.6) is 0 Å². The van der Waals surface area contributed by atoms with Crippen LogP contribution < -0.4 is 0 Å². The molecule has 0 bridgehead atoms. The Kier molecular flexibility index (Phi) is 7.28. The van der Waals surface area contributed by atoms with Crippen molar-refractivity contribution in [2.75, 3.05) is 13.2 Å². The molecule has 6 nitrogen and oxygen atoms in total. The van der Waals surface area contributed by atoms with E-state index in [-0.39, 0.29) is 17.4 Å². The number of amides is 1. The summed E-state index contributed by atoms with van der Waals surface area (Å²) in [5, 5.41) is 0.414. The van der Waals surface area contributed by atoms with E-state index < -0.39 is 5.60 Å². The molecule has 1 aromatic rings. The van der Waals surface area contributed by atoms with Crippen LogP contribution >= 0.6 is 23.2 Å². The molecule has 0 saturated carbocycles. The van der Waals surface area contributed by atoms with E-state index in [1.54, 1.807) is 6.20 Å². The Morgan fingerprint density at radius 3 is 2.80 bits per heavy atom. The summed E-state index contributed by atoms with van der Waals surface area (Å²) in [5.74, 6) is 0. The maximum absolute atomic E-state index is 12.4. The number of hydrogen-bond acceptors (Lipinski definition) is 5. The molecule has 25 heavy (non-hydrogen) atoms. The van der Waals surface area contributed by atoms with Gasteiger partial charge in [-0.15, -0.1) is 0 Å². The minimum Gasteiger partial charge on any atom is -0.444 e. The summed E-state index contributed by atoms with van der Waals surface area (Å²) in [4.78, 5) is 22.0. The number of rotatable bonds is 5. The molecule has 1 atom stereocenters. The second-order valence-corrected chi connectivity index (χ2v) is 7.82. The fourth-order valence-electron chi connectivity index (χ4n) is 2.73. The molecule has 8 heteroatoms. The van der Waals surface area contributed by atoms with Crippen LogP contribution in [-0.2, 0) is 16.1 Å². The number of carbonyl (C=O) groups is 1. The van der Waals surface area contributed by atoms with E-state index in [1.807, 2.05) is 25.7 Å². The molecule has 1 amide bonds. The molecular formula is C17H25Cl2N3O3. The maximum Gasteiger partial charge on any atom is 0.410 e. The van der Waals surface area contributed by atoms with Gasteiger partial charge in [-0.3, -0.25) is 0 Å². The van der Waals surface area contributed by atoms with Crippen molar-refractivity contribution in [3.8, 4) is 0 Å². The average Bonchev–Trinajstić information content (AvgIpc) is 2.52. The van der Waals surface area contributed by atoms with Crippen molar-refractivity contribution in [3.63, 3.8) is 0 Å². The van der Waals surface area contributed by atoms with Gasteiger partial charge in [0.15, 0.2) is 0 Å². The van der Waals surface area contributed by atoms with Crippen LogP contribution in [0, 0.1) is 0 Å². The maximum atomic E-state index is 12.4. The first-order valence-electron chi connectivity index (χ1n) is 8.50. The quantitative estimate of drug-likeness (QED) is 0.421. The lowest BCUT2D eigenvalue weighted by atomic mass is 10.0. The second kappa shape index (κ2) is 9.01. The largest absolute Gasteiger partial charge is 0.444 e. The van der Waals surface area contributed by atoms with Crippen LogP contribution in [0.15, 0.2) is 6.20 Å². The third-order valence-electron chi connectivity index (χ3n) is 3.89. The van der Waals surface area contributed by atoms with Gasteiger partial charge in [0.2, 0.25) is 5.28 Å². The Morgan fingerprint density at radius 1 is 1.36 bits per heavy atom. The highest BCUT2D eigenvalue weighted by Gasteiger charge is 2.30. The van der Waals surface area contributed by atoms with Gasteiger partial charge in [-0.1, -0.05) is 11.6 Å². The van der Waals surface area contributed by atoms with Crippen molar-refractivity contribution < 1.29 is 14.3 Å². The predicted molar refractivity (Wildman–Crippen MR) is 96.9 cm³/mol. The molecule has 1 aliphatic heterocycles. The zero-order chi connectivity index (χ0) is 18.4. The van der Waals surface area contributed by atoms with Gasteiger partial charge in [0.25, 0.3) is 0 Å². The zero-order valence-electron chi connectivity index (χ0n) is 14.9. The normalized spacial score (nSPS) is 18.3. The highest BCUT2D eigenvalue weighted by Crippen LogP contribution is 2.23. The standard InChI is InChI=1S/C17H25Cl2N3O3/c1-17(2,3)25-16(23)22-8-5-4-6-13(22)7-9-24-11-12-10-20-15(19)21-14(12)18/h10,13H,4-9,11H2,1-3H3. The monoisotopic (exact) mass is 389 g/mol. The lowest BCUT2D eigenvalue weighted by Crippen LogP contribution is -2.46. The van der Waals surface area contributed by atoms with Crippen LogP contribution in [0.2, 0.25) is 10.4 Å². The van der Waals surface area contributed by atoms with Crippen LogP contribution in [0.1, 0.15) is 52.0 Å². The summed E-state index contributed by atoms with van der Waals surface area (Å²) in [5.41, 5.74) is 0.208. The van der Waals surface area contributed by atoms with Gasteiger partial charge in [-0.05, 0) is 58.1 Å². The van der Waals surface area contributed by atoms with Crippen molar-refractivity contribution in [2.45, 2.75) is 64.7 Å². The van der Waals surface area contributed by atoms with Gasteiger partial charge >= 0.3 is 6.09 Å². The number of halogens is 2. The Morgan fingerprint density at radius 2 is 2.12 bits per heavy atom. The van der Waals surface area contributed by atoms with Gasteiger partial charge in [0.1, 0.15) is 10.8 Å². The lowest BCUT2D eigenvalue weighted by Gasteiger charge is -2.36. The average molecular weight is 390 g/mol. The number of carbonyl (C=O) groups excluding carboxylic acids is 1. The van der Waals surface area contributed by atoms with Gasteiger partial charge in [-0.25, -0.2) is 14.8 Å². The number of likely N-dealkylation sites (tertiary alicyclic amines) is 1. The third-order valence-corrected chi connectivity index (χ3v) is 4.40. The summed E-state index contributed by atoms with van der Waals surface area (Å²) in [6.07, 6.45) is 5.16. The van der Waals surface area contributed by atoms with E-state index in [1.165, 1.54) is 0 Å². The summed E-state index contributed by atoms with van der Waals surface area (Å²) >= 11 is 11.7. The van der Waals surface area contributed by atoms with E-state index in [4.69, 9.17) is 32.7 Å². The lowest BCUT2D eigenvalue weighted by molar-refractivity contribution is 0.00378. The zero-order valence-corrected chi connectivity index (χ0v) is 16.4. The smallest absolute Gasteiger partial charge is 0.410 e. The van der Waals surface area contributed by atoms with Crippen LogP contribution in [0.3, 0.4) is 0 Å². The first-order valence-corrected chi connectivity index (χ1v) is 9.26. The minimum absolute atomic E-state index is 0.115. The molecule has 140 valence electrons. The SMILES string of the molecule is CC(C)(C)OC(=O)N1CCCCC1CCOCc1cnc(Cl)nc1Cl. The first-order chi connectivity index (χ1) is 11.8. The predicted octanol–water partition coefficient (Wildman–Crippen LogP) is 4.48. The van der Waals surface area contributed by atoms with E-state index in [0.717, 1.165) is 32.2 Å². The Bertz CT molecular complexity index is 593. The molecule has 0 aliphatic carbocycles. The van der Waals surface area contributed by atoms with E-state index >= 15 is 0 Å². The highest BCUT2D eigenvalue weighted by atomic mass is 35.5. The molecule has 1 saturated heterocycles. The molecule has 2 heterocycles. The van der Waals surface area contributed by atoms with E-state index in [2.05, 4.69) is 9.97 Å². The Labute approximate surface area is 158 Å². The molecule has 1 aliphatic rings. The van der Waals surface area contributed by atoms with Gasteiger partial charge < -0.3 is 14.4 Å². The molecule has 0 spiro atoms. The third kappa shape index (κ3) is 6.60. The first kappa shape index (κ1) is 20.2. The minimum atomic E-state index is -0.485. The molecule has 0 N–H and O–H groups in total. The van der Waals surface area contributed by atoms with Crippen molar-refractivity contribution in [1.82, 2.24) is 14.9 Å². The molecule has 0 aromatic carbocycles. The molecule has 0 radical (unpaired) electrons. The number of aromatic nitrogens is 2. The molecule has 1 fully saturated rings. The van der Waals surface area contributed by atoms with Gasteiger partial charge in [0, 0.05) is 31.0 Å². The Balaban J connectivity index is 1.82. The number of nitrogens with zero attached hydrogens (tertiary/aromatic N) is 3.